The number of aromatic nitrogens is 4. The van der Waals surface area contributed by atoms with Crippen LogP contribution in [0.4, 0.5) is 14.6 Å². The first-order valence-corrected chi connectivity index (χ1v) is 9.81. The maximum Gasteiger partial charge on any atom is 0.167 e. The molecular formula is C22H20F2N6. The van der Waals surface area contributed by atoms with Crippen molar-refractivity contribution in [3.05, 3.63) is 66.5 Å². The molecule has 0 unspecified atom stereocenters. The second-order valence-corrected chi connectivity index (χ2v) is 7.33. The minimum Gasteiger partial charge on any atom is -0.355 e. The van der Waals surface area contributed by atoms with Crippen molar-refractivity contribution in [1.82, 2.24) is 24.8 Å². The smallest absolute Gasteiger partial charge is 0.167 e. The van der Waals surface area contributed by atoms with Crippen LogP contribution in [-0.2, 0) is 0 Å². The molecule has 0 spiro atoms. The Bertz CT molecular complexity index is 1210. The number of nitrogens with one attached hydrogen (secondary N) is 1. The van der Waals surface area contributed by atoms with E-state index in [9.17, 15) is 8.78 Å². The fraction of sp³-hybridized carbons (Fsp3) is 0.227. The molecule has 3 aromatic heterocycles. The van der Waals surface area contributed by atoms with Gasteiger partial charge >= 0.3 is 0 Å². The molecule has 6 nitrogen and oxygen atoms in total. The molecule has 0 aliphatic carbocycles. The molecule has 1 atom stereocenters. The molecule has 1 aliphatic heterocycles. The van der Waals surface area contributed by atoms with E-state index in [0.717, 1.165) is 37.1 Å². The lowest BCUT2D eigenvalue weighted by Crippen LogP contribution is -2.29. The molecule has 4 aromatic rings. The van der Waals surface area contributed by atoms with Gasteiger partial charge in [-0.3, -0.25) is 9.55 Å². The summed E-state index contributed by atoms with van der Waals surface area (Å²) in [5.74, 6) is -0.0805. The number of pyridine rings is 2. The van der Waals surface area contributed by atoms with Gasteiger partial charge in [0.15, 0.2) is 5.65 Å². The summed E-state index contributed by atoms with van der Waals surface area (Å²) in [6.07, 6.45) is 4.37. The van der Waals surface area contributed by atoms with Crippen LogP contribution < -0.4 is 10.2 Å². The van der Waals surface area contributed by atoms with Gasteiger partial charge in [-0.15, -0.1) is 0 Å². The minimum absolute atomic E-state index is 0.212. The highest BCUT2D eigenvalue weighted by Gasteiger charge is 2.24. The second kappa shape index (κ2) is 7.46. The van der Waals surface area contributed by atoms with Crippen LogP contribution >= 0.6 is 0 Å². The molecule has 5 rings (SSSR count). The monoisotopic (exact) mass is 406 g/mol. The Morgan fingerprint density at radius 2 is 1.87 bits per heavy atom. The van der Waals surface area contributed by atoms with Crippen molar-refractivity contribution in [2.45, 2.75) is 12.5 Å². The molecule has 1 saturated heterocycles. The van der Waals surface area contributed by atoms with E-state index >= 15 is 0 Å². The molecule has 1 aliphatic rings. The number of nitrogens with zero attached hydrogens (tertiary/aromatic N) is 5. The van der Waals surface area contributed by atoms with Crippen molar-refractivity contribution < 1.29 is 8.78 Å². The molecule has 0 bridgehead atoms. The number of fused-ring (bicyclic) bond motifs is 1. The summed E-state index contributed by atoms with van der Waals surface area (Å²) in [7, 11) is 1.97. The van der Waals surface area contributed by atoms with Gasteiger partial charge in [0.1, 0.15) is 28.8 Å². The van der Waals surface area contributed by atoms with Crippen LogP contribution in [0, 0.1) is 11.6 Å². The topological polar surface area (TPSA) is 58.9 Å². The van der Waals surface area contributed by atoms with Gasteiger partial charge in [0, 0.05) is 37.6 Å². The lowest BCUT2D eigenvalue weighted by atomic mass is 10.2. The molecule has 1 fully saturated rings. The van der Waals surface area contributed by atoms with Crippen LogP contribution in [0.3, 0.4) is 0 Å². The molecule has 1 aromatic carbocycles. The Hall–Kier alpha value is -3.39. The van der Waals surface area contributed by atoms with E-state index in [1.807, 2.05) is 31.3 Å². The van der Waals surface area contributed by atoms with E-state index in [4.69, 9.17) is 4.98 Å². The van der Waals surface area contributed by atoms with Gasteiger partial charge in [0.05, 0.1) is 11.3 Å². The van der Waals surface area contributed by atoms with Crippen molar-refractivity contribution in [3.8, 4) is 17.1 Å². The van der Waals surface area contributed by atoms with Crippen molar-refractivity contribution in [2.75, 3.05) is 25.0 Å². The first kappa shape index (κ1) is 18.6. The molecule has 8 heteroatoms. The number of likely N-dealkylation sites (N-methyl/N-ethyl adjacent to an activating group) is 1. The zero-order valence-corrected chi connectivity index (χ0v) is 16.4. The Balaban J connectivity index is 1.70. The zero-order valence-electron chi connectivity index (χ0n) is 16.4. The quantitative estimate of drug-likeness (QED) is 0.562. The van der Waals surface area contributed by atoms with E-state index in [-0.39, 0.29) is 5.56 Å². The summed E-state index contributed by atoms with van der Waals surface area (Å²) in [5, 5.41) is 3.31. The predicted octanol–water partition coefficient (Wildman–Crippen LogP) is 3.56. The maximum atomic E-state index is 14.6. The molecule has 4 heterocycles. The van der Waals surface area contributed by atoms with Crippen LogP contribution in [0.25, 0.3) is 28.2 Å². The van der Waals surface area contributed by atoms with Gasteiger partial charge in [-0.05, 0) is 49.9 Å². The summed E-state index contributed by atoms with van der Waals surface area (Å²) >= 11 is 0. The van der Waals surface area contributed by atoms with Gasteiger partial charge in [0.2, 0.25) is 0 Å². The number of imidazole rings is 1. The van der Waals surface area contributed by atoms with Crippen LogP contribution in [0.5, 0.6) is 0 Å². The summed E-state index contributed by atoms with van der Waals surface area (Å²) in [5.41, 5.74) is 2.22. The van der Waals surface area contributed by atoms with Crippen LogP contribution in [-0.4, -0.2) is 45.7 Å². The largest absolute Gasteiger partial charge is 0.355 e. The van der Waals surface area contributed by atoms with Gasteiger partial charge < -0.3 is 10.2 Å². The molecule has 1 N–H and O–H groups in total. The standard InChI is InChI=1S/C22H20F2N6/c1-25-15-8-11-29(13-15)20-5-4-19-22(28-20)30(16-6-9-26-10-7-16)21(27-19)17-3-2-14(23)12-18(17)24/h2-7,9-10,12,15,25H,8,11,13H2,1H3/t15-/m0/s1. The molecule has 0 saturated carbocycles. The summed E-state index contributed by atoms with van der Waals surface area (Å²) in [4.78, 5) is 15.8. The zero-order chi connectivity index (χ0) is 20.7. The van der Waals surface area contributed by atoms with Crippen molar-refractivity contribution >= 4 is 17.0 Å². The fourth-order valence-electron chi connectivity index (χ4n) is 3.92. The van der Waals surface area contributed by atoms with E-state index in [1.165, 1.54) is 12.1 Å². The first-order valence-electron chi connectivity index (χ1n) is 9.81. The third-order valence-corrected chi connectivity index (χ3v) is 5.50. The van der Waals surface area contributed by atoms with E-state index in [0.29, 0.717) is 23.0 Å². The van der Waals surface area contributed by atoms with Crippen molar-refractivity contribution in [3.63, 3.8) is 0 Å². The van der Waals surface area contributed by atoms with Crippen LogP contribution in [0.1, 0.15) is 6.42 Å². The number of halogens is 2. The lowest BCUT2D eigenvalue weighted by molar-refractivity contribution is 0.584. The second-order valence-electron chi connectivity index (χ2n) is 7.33. The van der Waals surface area contributed by atoms with Crippen molar-refractivity contribution in [2.24, 2.45) is 0 Å². The Kier molecular flexibility index (Phi) is 4.63. The van der Waals surface area contributed by atoms with Gasteiger partial charge in [-0.1, -0.05) is 0 Å². The molecule has 30 heavy (non-hydrogen) atoms. The van der Waals surface area contributed by atoms with Crippen LogP contribution in [0.15, 0.2) is 54.9 Å². The molecule has 0 amide bonds. The first-order chi connectivity index (χ1) is 14.6. The van der Waals surface area contributed by atoms with Crippen molar-refractivity contribution in [1.29, 1.82) is 0 Å². The average molecular weight is 406 g/mol. The third-order valence-electron chi connectivity index (χ3n) is 5.50. The number of hydrogen-bond donors (Lipinski definition) is 1. The van der Waals surface area contributed by atoms with E-state index < -0.39 is 11.6 Å². The highest BCUT2D eigenvalue weighted by Crippen LogP contribution is 2.31. The number of rotatable bonds is 4. The molecule has 152 valence electrons. The summed E-state index contributed by atoms with van der Waals surface area (Å²) in [6, 6.07) is 11.4. The Labute approximate surface area is 172 Å². The average Bonchev–Trinajstić information content (AvgIpc) is 3.38. The van der Waals surface area contributed by atoms with E-state index in [2.05, 4.69) is 20.2 Å². The van der Waals surface area contributed by atoms with Gasteiger partial charge in [-0.25, -0.2) is 18.7 Å². The van der Waals surface area contributed by atoms with Gasteiger partial charge in [-0.2, -0.15) is 0 Å². The maximum absolute atomic E-state index is 14.6. The molecular weight excluding hydrogens is 386 g/mol. The fourth-order valence-corrected chi connectivity index (χ4v) is 3.92. The normalized spacial score (nSPS) is 16.5. The predicted molar refractivity (Wildman–Crippen MR) is 112 cm³/mol. The van der Waals surface area contributed by atoms with Crippen LogP contribution in [0.2, 0.25) is 0 Å². The SMILES string of the molecule is CN[C@H]1CCN(c2ccc3nc(-c4ccc(F)cc4F)n(-c4ccncc4)c3n2)C1. The Morgan fingerprint density at radius 1 is 1.03 bits per heavy atom. The number of benzene rings is 1. The number of hydrogen-bond acceptors (Lipinski definition) is 5. The Morgan fingerprint density at radius 3 is 2.60 bits per heavy atom. The van der Waals surface area contributed by atoms with Gasteiger partial charge in [0.25, 0.3) is 0 Å². The summed E-state index contributed by atoms with van der Waals surface area (Å²) in [6.45, 7) is 1.78. The summed E-state index contributed by atoms with van der Waals surface area (Å²) < 4.78 is 29.9. The third kappa shape index (κ3) is 3.19. The van der Waals surface area contributed by atoms with E-state index in [1.54, 1.807) is 17.0 Å². The lowest BCUT2D eigenvalue weighted by Gasteiger charge is -2.17. The molecule has 0 radical (unpaired) electrons. The highest BCUT2D eigenvalue weighted by molar-refractivity contribution is 5.81. The number of anilines is 1. The highest BCUT2D eigenvalue weighted by atomic mass is 19.1. The minimum atomic E-state index is -0.669.